The van der Waals surface area contributed by atoms with Gasteiger partial charge in [-0.05, 0) is 48.2 Å². The van der Waals surface area contributed by atoms with E-state index in [4.69, 9.17) is 0 Å². The molecule has 2 aromatic heterocycles. The molecular weight excluding hydrogens is 464 g/mol. The number of aromatic nitrogens is 3. The van der Waals surface area contributed by atoms with Crippen LogP contribution in [-0.4, -0.2) is 30.0 Å². The number of imidazole rings is 1. The van der Waals surface area contributed by atoms with Gasteiger partial charge in [0.2, 0.25) is 5.91 Å². The van der Waals surface area contributed by atoms with Crippen molar-refractivity contribution in [3.63, 3.8) is 0 Å². The standard InChI is InChI=1S/C22H16N4O3S3/c27-20(25-21-23-17-11-5-7-13-19(17)31-21)14-30-22-24-16-10-4-6-12-18(16)26(22)32(28,29)15-8-2-1-3-9-15/h1-13H,14H2,(H,23,25,27)/p+1. The number of fused-ring (bicyclic) bond motifs is 2. The zero-order chi connectivity index (χ0) is 22.1. The number of benzene rings is 3. The van der Waals surface area contributed by atoms with E-state index in [0.29, 0.717) is 21.3 Å². The van der Waals surface area contributed by atoms with Gasteiger partial charge < -0.3 is 5.32 Å². The summed E-state index contributed by atoms with van der Waals surface area (Å²) in [7, 11) is -3.85. The molecule has 0 spiro atoms. The molecule has 0 bridgehead atoms. The highest BCUT2D eigenvalue weighted by Gasteiger charge is 2.31. The number of thioether (sulfide) groups is 1. The molecule has 0 atom stereocenters. The number of aromatic amines is 1. The van der Waals surface area contributed by atoms with E-state index in [0.717, 1.165) is 22.0 Å². The molecule has 0 aliphatic rings. The molecule has 2 N–H and O–H groups in total. The second kappa shape index (κ2) is 8.38. The minimum Gasteiger partial charge on any atom is -0.301 e. The van der Waals surface area contributed by atoms with Crippen LogP contribution in [0.25, 0.3) is 21.3 Å². The van der Waals surface area contributed by atoms with Gasteiger partial charge in [-0.3, -0.25) is 4.79 Å². The number of amides is 1. The molecule has 32 heavy (non-hydrogen) atoms. The monoisotopic (exact) mass is 481 g/mol. The van der Waals surface area contributed by atoms with Crippen molar-refractivity contribution in [3.05, 3.63) is 78.9 Å². The lowest BCUT2D eigenvalue weighted by Gasteiger charge is -2.04. The number of rotatable bonds is 6. The van der Waals surface area contributed by atoms with Crippen molar-refractivity contribution in [1.82, 2.24) is 9.97 Å². The number of thiazole rings is 1. The summed E-state index contributed by atoms with van der Waals surface area (Å²) in [6.07, 6.45) is 0. The van der Waals surface area contributed by atoms with Crippen LogP contribution in [0.15, 0.2) is 88.9 Å². The smallest absolute Gasteiger partial charge is 0.301 e. The second-order valence-electron chi connectivity index (χ2n) is 6.85. The number of hydrogen-bond donors (Lipinski definition) is 2. The average Bonchev–Trinajstić information content (AvgIpc) is 3.39. The summed E-state index contributed by atoms with van der Waals surface area (Å²) in [5.41, 5.74) is 2.01. The average molecular weight is 482 g/mol. The van der Waals surface area contributed by atoms with Crippen LogP contribution in [-0.2, 0) is 14.8 Å². The van der Waals surface area contributed by atoms with Crippen LogP contribution in [0.1, 0.15) is 0 Å². The summed E-state index contributed by atoms with van der Waals surface area (Å²) in [5, 5.41) is 3.67. The first-order valence-electron chi connectivity index (χ1n) is 9.64. The lowest BCUT2D eigenvalue weighted by Crippen LogP contribution is -2.44. The van der Waals surface area contributed by atoms with Crippen molar-refractivity contribution < 1.29 is 17.2 Å². The highest BCUT2D eigenvalue weighted by Crippen LogP contribution is 2.26. The Balaban J connectivity index is 1.43. The SMILES string of the molecule is O=C(CSc1[nH]c2ccccc2[n+]1S(=O)(=O)c1ccccc1)Nc1nc2ccccc2s1. The second-order valence-corrected chi connectivity index (χ2v) is 10.6. The fourth-order valence-corrected chi connectivity index (χ4v) is 6.74. The van der Waals surface area contributed by atoms with Crippen LogP contribution < -0.4 is 9.29 Å². The summed E-state index contributed by atoms with van der Waals surface area (Å²) < 4.78 is 29.0. The lowest BCUT2D eigenvalue weighted by molar-refractivity contribution is -0.526. The number of nitrogens with zero attached hydrogens (tertiary/aromatic N) is 2. The maximum absolute atomic E-state index is 13.4. The van der Waals surface area contributed by atoms with Crippen LogP contribution in [0.4, 0.5) is 5.13 Å². The topological polar surface area (TPSA) is 95.8 Å². The minimum atomic E-state index is -3.85. The molecule has 2 heterocycles. The number of nitrogens with one attached hydrogen (secondary N) is 2. The van der Waals surface area contributed by atoms with Crippen molar-refractivity contribution in [3.8, 4) is 0 Å². The number of para-hydroxylation sites is 3. The van der Waals surface area contributed by atoms with Crippen LogP contribution in [0, 0.1) is 0 Å². The first-order chi connectivity index (χ1) is 15.5. The van der Waals surface area contributed by atoms with Gasteiger partial charge in [0.15, 0.2) is 16.2 Å². The van der Waals surface area contributed by atoms with Gasteiger partial charge in [0, 0.05) is 0 Å². The van der Waals surface area contributed by atoms with Gasteiger partial charge in [0.1, 0.15) is 4.90 Å². The van der Waals surface area contributed by atoms with E-state index in [1.807, 2.05) is 30.3 Å². The summed E-state index contributed by atoms with van der Waals surface area (Å²) in [6.45, 7) is 0. The Bertz CT molecular complexity index is 1510. The van der Waals surface area contributed by atoms with Gasteiger partial charge in [0.25, 0.3) is 0 Å². The quantitative estimate of drug-likeness (QED) is 0.282. The molecule has 0 fully saturated rings. The predicted molar refractivity (Wildman–Crippen MR) is 126 cm³/mol. The van der Waals surface area contributed by atoms with Crippen molar-refractivity contribution in [1.29, 1.82) is 0 Å². The Labute approximate surface area is 192 Å². The molecule has 0 unspecified atom stereocenters. The first kappa shape index (κ1) is 20.7. The largest absolute Gasteiger partial charge is 0.336 e. The molecular formula is C22H17N4O3S3+. The molecule has 0 radical (unpaired) electrons. The van der Waals surface area contributed by atoms with E-state index in [-0.39, 0.29) is 16.6 Å². The van der Waals surface area contributed by atoms with E-state index >= 15 is 0 Å². The van der Waals surface area contributed by atoms with Gasteiger partial charge in [0.05, 0.1) is 16.0 Å². The van der Waals surface area contributed by atoms with Crippen molar-refractivity contribution in [2.45, 2.75) is 10.1 Å². The van der Waals surface area contributed by atoms with Crippen molar-refractivity contribution >= 4 is 65.4 Å². The number of H-pyrrole nitrogens is 1. The van der Waals surface area contributed by atoms with Crippen LogP contribution >= 0.6 is 23.1 Å². The molecule has 1 amide bonds. The van der Waals surface area contributed by atoms with Gasteiger partial charge in [-0.1, -0.05) is 53.8 Å². The first-order valence-corrected chi connectivity index (χ1v) is 12.9. The summed E-state index contributed by atoms with van der Waals surface area (Å²) >= 11 is 2.52. The lowest BCUT2D eigenvalue weighted by atomic mass is 10.3. The third-order valence-corrected chi connectivity index (χ3v) is 8.47. The van der Waals surface area contributed by atoms with Crippen molar-refractivity contribution in [2.24, 2.45) is 0 Å². The van der Waals surface area contributed by atoms with Crippen molar-refractivity contribution in [2.75, 3.05) is 11.1 Å². The number of anilines is 1. The Hall–Kier alpha value is -3.21. The zero-order valence-corrected chi connectivity index (χ0v) is 19.0. The highest BCUT2D eigenvalue weighted by molar-refractivity contribution is 8.00. The third-order valence-electron chi connectivity index (χ3n) is 4.71. The van der Waals surface area contributed by atoms with Gasteiger partial charge in [-0.2, -0.15) is 8.42 Å². The van der Waals surface area contributed by atoms with E-state index in [2.05, 4.69) is 15.3 Å². The zero-order valence-electron chi connectivity index (χ0n) is 16.6. The normalized spacial score (nSPS) is 11.8. The fourth-order valence-electron chi connectivity index (χ4n) is 3.28. The summed E-state index contributed by atoms with van der Waals surface area (Å²) in [5.74, 6) is -0.246. The maximum atomic E-state index is 13.4. The maximum Gasteiger partial charge on any atom is 0.336 e. The summed E-state index contributed by atoms with van der Waals surface area (Å²) in [6, 6.07) is 23.0. The molecule has 5 aromatic rings. The number of carbonyl (C=O) groups excluding carboxylic acids is 1. The Morgan fingerprint density at radius 3 is 2.53 bits per heavy atom. The van der Waals surface area contributed by atoms with Crippen LogP contribution in [0.3, 0.4) is 0 Å². The van der Waals surface area contributed by atoms with E-state index in [9.17, 15) is 13.2 Å². The molecule has 3 aromatic carbocycles. The predicted octanol–water partition coefficient (Wildman–Crippen LogP) is 4.03. The van der Waals surface area contributed by atoms with Gasteiger partial charge >= 0.3 is 15.2 Å². The van der Waals surface area contributed by atoms with E-state index < -0.39 is 10.0 Å². The fraction of sp³-hybridized carbons (Fsp3) is 0.0455. The molecule has 0 aliphatic heterocycles. The molecule has 0 saturated carbocycles. The molecule has 160 valence electrons. The van der Waals surface area contributed by atoms with Gasteiger partial charge in [-0.15, -0.1) is 3.97 Å². The minimum absolute atomic E-state index is 0.0209. The Morgan fingerprint density at radius 2 is 1.72 bits per heavy atom. The number of carbonyl (C=O) groups is 1. The number of hydrogen-bond acceptors (Lipinski definition) is 6. The third kappa shape index (κ3) is 3.88. The molecule has 0 aliphatic carbocycles. The molecule has 5 rings (SSSR count). The van der Waals surface area contributed by atoms with Crippen LogP contribution in [0.2, 0.25) is 0 Å². The molecule has 10 heteroatoms. The van der Waals surface area contributed by atoms with Crippen LogP contribution in [0.5, 0.6) is 0 Å². The van der Waals surface area contributed by atoms with E-state index in [1.54, 1.807) is 48.5 Å². The highest BCUT2D eigenvalue weighted by atomic mass is 32.2. The Morgan fingerprint density at radius 1 is 1.00 bits per heavy atom. The molecule has 0 saturated heterocycles. The van der Waals surface area contributed by atoms with E-state index in [1.165, 1.54) is 15.3 Å². The van der Waals surface area contributed by atoms with Gasteiger partial charge in [-0.25, -0.2) is 9.97 Å². The summed E-state index contributed by atoms with van der Waals surface area (Å²) in [4.78, 5) is 20.3. The molecule has 7 nitrogen and oxygen atoms in total. The Kier molecular flexibility index (Phi) is 5.41.